The number of benzene rings is 2. The molecule has 8 nitrogen and oxygen atoms in total. The van der Waals surface area contributed by atoms with E-state index in [1.54, 1.807) is 19.2 Å². The van der Waals surface area contributed by atoms with E-state index in [9.17, 15) is 14.7 Å². The highest BCUT2D eigenvalue weighted by Crippen LogP contribution is 2.32. The van der Waals surface area contributed by atoms with E-state index in [4.69, 9.17) is 27.9 Å². The van der Waals surface area contributed by atoms with Crippen molar-refractivity contribution in [1.82, 2.24) is 20.2 Å². The average Bonchev–Trinajstić information content (AvgIpc) is 3.19. The molecule has 4 rings (SSSR count). The van der Waals surface area contributed by atoms with Gasteiger partial charge in [-0.25, -0.2) is 9.97 Å². The maximum absolute atomic E-state index is 13.3. The van der Waals surface area contributed by atoms with E-state index in [0.717, 1.165) is 11.1 Å². The highest BCUT2D eigenvalue weighted by molar-refractivity contribution is 6.33. The van der Waals surface area contributed by atoms with E-state index in [-0.39, 0.29) is 42.7 Å². The number of hydrogen-bond acceptors (Lipinski definition) is 6. The van der Waals surface area contributed by atoms with E-state index < -0.39 is 6.04 Å². The van der Waals surface area contributed by atoms with Crippen molar-refractivity contribution >= 4 is 35.0 Å². The topological polar surface area (TPSA) is 105 Å². The molecule has 2 atom stereocenters. The molecule has 2 aromatic carbocycles. The Morgan fingerprint density at radius 2 is 2.06 bits per heavy atom. The largest absolute Gasteiger partial charge is 0.497 e. The van der Waals surface area contributed by atoms with Crippen molar-refractivity contribution in [2.75, 3.05) is 13.7 Å². The fourth-order valence-electron chi connectivity index (χ4n) is 4.13. The summed E-state index contributed by atoms with van der Waals surface area (Å²) < 4.78 is 5.26. The first kappa shape index (κ1) is 24.9. The maximum atomic E-state index is 13.3. The predicted molar refractivity (Wildman–Crippen MR) is 132 cm³/mol. The van der Waals surface area contributed by atoms with E-state index in [2.05, 4.69) is 15.3 Å². The molecule has 0 unspecified atom stereocenters. The first-order valence-electron chi connectivity index (χ1n) is 11.0. The summed E-state index contributed by atoms with van der Waals surface area (Å²) in [7, 11) is 1.58. The number of carbonyl (C=O) groups is 2. The smallest absolute Gasteiger partial charge is 0.255 e. The van der Waals surface area contributed by atoms with Crippen molar-refractivity contribution in [3.8, 4) is 17.0 Å². The molecule has 182 valence electrons. The zero-order chi connectivity index (χ0) is 25.1. The lowest BCUT2D eigenvalue weighted by Crippen LogP contribution is -2.48. The SMILES string of the molecule is COc1cccc([C@@H](C)NC(=O)[C@@H](CCO)N2Cc3ccc(-c4nc(Cl)ncc4Cl)cc3C2=O)c1. The molecular weight excluding hydrogens is 491 g/mol. The van der Waals surface area contributed by atoms with Crippen LogP contribution in [-0.4, -0.2) is 51.5 Å². The summed E-state index contributed by atoms with van der Waals surface area (Å²) in [6.07, 6.45) is 1.51. The van der Waals surface area contributed by atoms with E-state index >= 15 is 0 Å². The summed E-state index contributed by atoms with van der Waals surface area (Å²) in [5, 5.41) is 13.0. The van der Waals surface area contributed by atoms with Crippen LogP contribution >= 0.6 is 23.2 Å². The van der Waals surface area contributed by atoms with Gasteiger partial charge in [0.05, 0.1) is 30.1 Å². The number of amides is 2. The number of ether oxygens (including phenoxy) is 1. The monoisotopic (exact) mass is 514 g/mol. The van der Waals surface area contributed by atoms with Gasteiger partial charge in [0.25, 0.3) is 5.91 Å². The fraction of sp³-hybridized carbons (Fsp3) is 0.280. The van der Waals surface area contributed by atoms with Crippen LogP contribution in [0.2, 0.25) is 10.3 Å². The molecule has 10 heteroatoms. The number of rotatable bonds is 8. The number of aliphatic hydroxyl groups is 1. The molecule has 0 saturated carbocycles. The van der Waals surface area contributed by atoms with Crippen LogP contribution in [0.4, 0.5) is 0 Å². The number of aliphatic hydroxyl groups excluding tert-OH is 1. The molecule has 0 aliphatic carbocycles. The Morgan fingerprint density at radius 3 is 2.80 bits per heavy atom. The number of carbonyl (C=O) groups excluding carboxylic acids is 2. The Labute approximate surface area is 212 Å². The van der Waals surface area contributed by atoms with Crippen LogP contribution in [0.3, 0.4) is 0 Å². The van der Waals surface area contributed by atoms with Gasteiger partial charge in [-0.1, -0.05) is 35.9 Å². The van der Waals surface area contributed by atoms with Crippen LogP contribution in [0, 0.1) is 0 Å². The second kappa shape index (κ2) is 10.6. The number of halogens is 2. The number of methoxy groups -OCH3 is 1. The predicted octanol–water partition coefficient (Wildman–Crippen LogP) is 4.04. The number of aromatic nitrogens is 2. The highest BCUT2D eigenvalue weighted by Gasteiger charge is 2.36. The fourth-order valence-corrected chi connectivity index (χ4v) is 4.46. The molecule has 0 bridgehead atoms. The molecule has 1 aliphatic heterocycles. The Morgan fingerprint density at radius 1 is 1.26 bits per heavy atom. The zero-order valence-corrected chi connectivity index (χ0v) is 20.7. The molecule has 0 radical (unpaired) electrons. The minimum atomic E-state index is -0.839. The van der Waals surface area contributed by atoms with Crippen molar-refractivity contribution in [3.05, 3.63) is 75.7 Å². The normalized spacial score (nSPS) is 14.4. The summed E-state index contributed by atoms with van der Waals surface area (Å²) in [4.78, 5) is 36.1. The lowest BCUT2D eigenvalue weighted by Gasteiger charge is -2.28. The molecule has 0 saturated heterocycles. The third kappa shape index (κ3) is 5.24. The molecule has 3 aromatic rings. The molecule has 0 fully saturated rings. The summed E-state index contributed by atoms with van der Waals surface area (Å²) in [6, 6.07) is 11.5. The Bertz CT molecular complexity index is 1270. The molecule has 35 heavy (non-hydrogen) atoms. The maximum Gasteiger partial charge on any atom is 0.255 e. The van der Waals surface area contributed by atoms with Crippen molar-refractivity contribution in [2.45, 2.75) is 32.0 Å². The first-order chi connectivity index (χ1) is 16.8. The Balaban J connectivity index is 1.56. The average molecular weight is 515 g/mol. The summed E-state index contributed by atoms with van der Waals surface area (Å²) >= 11 is 12.1. The second-order valence-corrected chi connectivity index (χ2v) is 8.92. The van der Waals surface area contributed by atoms with Crippen LogP contribution in [0.25, 0.3) is 11.3 Å². The van der Waals surface area contributed by atoms with Crippen LogP contribution < -0.4 is 10.1 Å². The lowest BCUT2D eigenvalue weighted by molar-refractivity contribution is -0.127. The third-order valence-electron chi connectivity index (χ3n) is 5.96. The quantitative estimate of drug-likeness (QED) is 0.439. The van der Waals surface area contributed by atoms with E-state index in [0.29, 0.717) is 27.6 Å². The summed E-state index contributed by atoms with van der Waals surface area (Å²) in [6.45, 7) is 1.86. The van der Waals surface area contributed by atoms with Gasteiger partial charge in [-0.15, -0.1) is 0 Å². The van der Waals surface area contributed by atoms with Crippen LogP contribution in [0.5, 0.6) is 5.75 Å². The first-order valence-corrected chi connectivity index (χ1v) is 11.8. The van der Waals surface area contributed by atoms with Crippen LogP contribution in [0.15, 0.2) is 48.7 Å². The van der Waals surface area contributed by atoms with Crippen LogP contribution in [-0.2, 0) is 11.3 Å². The Kier molecular flexibility index (Phi) is 7.54. The van der Waals surface area contributed by atoms with E-state index in [1.807, 2.05) is 37.3 Å². The summed E-state index contributed by atoms with van der Waals surface area (Å²) in [5.41, 5.74) is 3.11. The molecule has 0 spiro atoms. The number of hydrogen-bond donors (Lipinski definition) is 2. The van der Waals surface area contributed by atoms with Gasteiger partial charge in [0.1, 0.15) is 11.8 Å². The van der Waals surface area contributed by atoms with Crippen molar-refractivity contribution in [3.63, 3.8) is 0 Å². The lowest BCUT2D eigenvalue weighted by atomic mass is 10.0. The Hall–Kier alpha value is -3.20. The molecular formula is C25H24Cl2N4O4. The van der Waals surface area contributed by atoms with Crippen LogP contribution in [0.1, 0.15) is 40.9 Å². The minimum absolute atomic E-state index is 0.0442. The number of fused-ring (bicyclic) bond motifs is 1. The van der Waals surface area contributed by atoms with Gasteiger partial charge in [0.2, 0.25) is 11.2 Å². The number of nitrogens with zero attached hydrogens (tertiary/aromatic N) is 3. The van der Waals surface area contributed by atoms with Crippen molar-refractivity contribution < 1.29 is 19.4 Å². The molecule has 2 heterocycles. The third-order valence-corrected chi connectivity index (χ3v) is 6.42. The molecule has 2 N–H and O–H groups in total. The van der Waals surface area contributed by atoms with Crippen molar-refractivity contribution in [2.24, 2.45) is 0 Å². The van der Waals surface area contributed by atoms with Gasteiger partial charge in [-0.2, -0.15) is 0 Å². The zero-order valence-electron chi connectivity index (χ0n) is 19.2. The summed E-state index contributed by atoms with van der Waals surface area (Å²) in [5.74, 6) is 0.0312. The van der Waals surface area contributed by atoms with Crippen molar-refractivity contribution in [1.29, 1.82) is 0 Å². The minimum Gasteiger partial charge on any atom is -0.497 e. The highest BCUT2D eigenvalue weighted by atomic mass is 35.5. The second-order valence-electron chi connectivity index (χ2n) is 8.18. The number of nitrogens with one attached hydrogen (secondary N) is 1. The van der Waals surface area contributed by atoms with Gasteiger partial charge in [0, 0.05) is 24.3 Å². The molecule has 2 amide bonds. The standard InChI is InChI=1S/C25H24Cl2N4O4/c1-14(15-4-3-5-18(10-15)35-2)29-23(33)21(8-9-32)31-13-17-7-6-16(11-19(17)24(31)34)22-20(26)12-28-25(27)30-22/h3-7,10-12,14,21,32H,8-9,13H2,1-2H3,(H,29,33)/t14-,21-/m1/s1. The van der Waals surface area contributed by atoms with Gasteiger partial charge in [-0.3, -0.25) is 9.59 Å². The molecule has 1 aromatic heterocycles. The molecule has 1 aliphatic rings. The van der Waals surface area contributed by atoms with Gasteiger partial charge >= 0.3 is 0 Å². The van der Waals surface area contributed by atoms with Gasteiger partial charge < -0.3 is 20.1 Å². The van der Waals surface area contributed by atoms with Gasteiger partial charge in [0.15, 0.2) is 0 Å². The van der Waals surface area contributed by atoms with E-state index in [1.165, 1.54) is 11.1 Å². The van der Waals surface area contributed by atoms with Gasteiger partial charge in [-0.05, 0) is 54.3 Å².